The minimum absolute atomic E-state index is 0.0412. The summed E-state index contributed by atoms with van der Waals surface area (Å²) in [6.45, 7) is 13.3. The number of hydrogen-bond donors (Lipinski definition) is 0. The fourth-order valence-electron chi connectivity index (χ4n) is 2.58. The summed E-state index contributed by atoms with van der Waals surface area (Å²) in [5, 5.41) is 0.196. The molecule has 0 spiro atoms. The molecule has 1 fully saturated rings. The molecular weight excluding hydrogens is 242 g/mol. The molecule has 4 heteroatoms. The molecule has 2 aliphatic heterocycles. The second-order valence-electron chi connectivity index (χ2n) is 7.04. The highest BCUT2D eigenvalue weighted by Gasteiger charge is 2.52. The number of fused-ring (bicyclic) bond motifs is 1. The summed E-state index contributed by atoms with van der Waals surface area (Å²) in [5.41, 5.74) is 0. The Morgan fingerprint density at radius 2 is 2.06 bits per heavy atom. The van der Waals surface area contributed by atoms with Crippen LogP contribution in [0.25, 0.3) is 0 Å². The molecule has 3 unspecified atom stereocenters. The highest BCUT2D eigenvalue weighted by Crippen LogP contribution is 2.42. The number of β-lactam (4-membered cyclic amide) rings is 1. The van der Waals surface area contributed by atoms with Crippen LogP contribution in [-0.2, 0) is 9.22 Å². The van der Waals surface area contributed by atoms with Gasteiger partial charge in [-0.25, -0.2) is 0 Å². The number of hydrogen-bond acceptors (Lipinski definition) is 2. The molecule has 3 nitrogen and oxygen atoms in total. The monoisotopic (exact) mass is 267 g/mol. The molecule has 102 valence electrons. The van der Waals surface area contributed by atoms with Gasteiger partial charge in [0.25, 0.3) is 0 Å². The molecule has 2 aliphatic rings. The molecule has 0 aliphatic carbocycles. The molecule has 18 heavy (non-hydrogen) atoms. The van der Waals surface area contributed by atoms with Crippen LogP contribution in [0.1, 0.15) is 34.1 Å². The van der Waals surface area contributed by atoms with Crippen LogP contribution >= 0.6 is 0 Å². The highest BCUT2D eigenvalue weighted by molar-refractivity contribution is 6.74. The lowest BCUT2D eigenvalue weighted by atomic mass is 9.84. The van der Waals surface area contributed by atoms with Gasteiger partial charge in [-0.3, -0.25) is 4.79 Å². The molecule has 0 bridgehead atoms. The van der Waals surface area contributed by atoms with Crippen LogP contribution in [0.4, 0.5) is 0 Å². The Balaban J connectivity index is 2.01. The quantitative estimate of drug-likeness (QED) is 0.581. The molecule has 3 atom stereocenters. The number of rotatable bonds is 3. The minimum atomic E-state index is -1.78. The van der Waals surface area contributed by atoms with Gasteiger partial charge in [0, 0.05) is 6.20 Å². The van der Waals surface area contributed by atoms with Crippen molar-refractivity contribution in [3.63, 3.8) is 0 Å². The van der Waals surface area contributed by atoms with E-state index in [1.807, 2.05) is 11.1 Å². The van der Waals surface area contributed by atoms with Crippen LogP contribution in [0, 0.1) is 5.92 Å². The molecule has 0 N–H and O–H groups in total. The van der Waals surface area contributed by atoms with E-state index in [2.05, 4.69) is 46.9 Å². The number of amides is 1. The van der Waals surface area contributed by atoms with Crippen LogP contribution in [0.5, 0.6) is 0 Å². The van der Waals surface area contributed by atoms with Crippen LogP contribution < -0.4 is 0 Å². The van der Waals surface area contributed by atoms with Crippen molar-refractivity contribution in [1.82, 2.24) is 4.90 Å². The van der Waals surface area contributed by atoms with Crippen LogP contribution in [0.3, 0.4) is 0 Å². The van der Waals surface area contributed by atoms with E-state index in [1.54, 1.807) is 0 Å². The molecule has 0 aromatic carbocycles. The van der Waals surface area contributed by atoms with Gasteiger partial charge in [0.05, 0.1) is 18.1 Å². The molecule has 0 aromatic heterocycles. The molecule has 1 amide bonds. The van der Waals surface area contributed by atoms with Crippen molar-refractivity contribution < 1.29 is 9.22 Å². The molecule has 2 heterocycles. The van der Waals surface area contributed by atoms with Gasteiger partial charge in [-0.2, -0.15) is 0 Å². The molecule has 0 aromatic rings. The first-order valence-corrected chi connectivity index (χ1v) is 9.72. The van der Waals surface area contributed by atoms with E-state index >= 15 is 0 Å². The van der Waals surface area contributed by atoms with Crippen molar-refractivity contribution in [1.29, 1.82) is 0 Å². The summed E-state index contributed by atoms with van der Waals surface area (Å²) >= 11 is 0. The lowest BCUT2D eigenvalue weighted by molar-refractivity contribution is -0.155. The Morgan fingerprint density at radius 1 is 1.44 bits per heavy atom. The first-order valence-electron chi connectivity index (χ1n) is 6.82. The highest BCUT2D eigenvalue weighted by atomic mass is 28.4. The van der Waals surface area contributed by atoms with E-state index < -0.39 is 8.32 Å². The average Bonchev–Trinajstić information content (AvgIpc) is 2.58. The van der Waals surface area contributed by atoms with Crippen molar-refractivity contribution in [2.45, 2.75) is 64.4 Å². The van der Waals surface area contributed by atoms with Crippen LogP contribution in [0.2, 0.25) is 18.1 Å². The van der Waals surface area contributed by atoms with E-state index in [4.69, 9.17) is 4.43 Å². The van der Waals surface area contributed by atoms with Gasteiger partial charge in [0.1, 0.15) is 0 Å². The van der Waals surface area contributed by atoms with Crippen molar-refractivity contribution in [2.75, 3.05) is 0 Å². The third-order valence-corrected chi connectivity index (χ3v) is 9.32. The zero-order valence-corrected chi connectivity index (χ0v) is 13.4. The molecule has 0 saturated carbocycles. The standard InChI is InChI=1S/C14H25NO2Si/c1-10(17-18(5,6)14(2,3)4)12-11-8-7-9-15(11)13(12)16/h7,9-12H,8H2,1-6H3. The summed E-state index contributed by atoms with van der Waals surface area (Å²) in [6, 6.07) is 0.359. The van der Waals surface area contributed by atoms with Crippen LogP contribution in [-0.4, -0.2) is 31.3 Å². The molecule has 2 rings (SSSR count). The average molecular weight is 267 g/mol. The van der Waals surface area contributed by atoms with E-state index in [0.29, 0.717) is 6.04 Å². The Bertz CT molecular complexity index is 384. The third kappa shape index (κ3) is 2.05. The maximum Gasteiger partial charge on any atom is 0.234 e. The zero-order chi connectivity index (χ0) is 13.7. The van der Waals surface area contributed by atoms with Crippen molar-refractivity contribution >= 4 is 14.2 Å². The van der Waals surface area contributed by atoms with E-state index in [0.717, 1.165) is 6.42 Å². The lowest BCUT2D eigenvalue weighted by Crippen LogP contribution is -2.62. The van der Waals surface area contributed by atoms with E-state index in [-0.39, 0.29) is 23.0 Å². The topological polar surface area (TPSA) is 29.5 Å². The Kier molecular flexibility index (Phi) is 3.22. The molecule has 1 saturated heterocycles. The first kappa shape index (κ1) is 13.8. The van der Waals surface area contributed by atoms with Gasteiger partial charge in [0.15, 0.2) is 8.32 Å². The Morgan fingerprint density at radius 3 is 2.61 bits per heavy atom. The minimum Gasteiger partial charge on any atom is -0.413 e. The normalized spacial score (nSPS) is 29.2. The van der Waals surface area contributed by atoms with Crippen molar-refractivity contribution in [2.24, 2.45) is 5.92 Å². The SMILES string of the molecule is CC(O[Si](C)(C)C(C)(C)C)C1C(=O)N2C=CCC12. The molecular formula is C14H25NO2Si. The first-order chi connectivity index (χ1) is 8.15. The number of carbonyl (C=O) groups excluding carboxylic acids is 1. The zero-order valence-electron chi connectivity index (χ0n) is 12.4. The Labute approximate surface area is 111 Å². The van der Waals surface area contributed by atoms with E-state index in [9.17, 15) is 4.79 Å². The van der Waals surface area contributed by atoms with Gasteiger partial charge >= 0.3 is 0 Å². The summed E-state index contributed by atoms with van der Waals surface area (Å²) in [5.74, 6) is 0.300. The smallest absolute Gasteiger partial charge is 0.234 e. The maximum absolute atomic E-state index is 12.0. The predicted octanol–water partition coefficient (Wildman–Crippen LogP) is 3.14. The van der Waals surface area contributed by atoms with Gasteiger partial charge in [-0.05, 0) is 31.5 Å². The number of nitrogens with zero attached hydrogens (tertiary/aromatic N) is 1. The number of carbonyl (C=O) groups is 1. The summed E-state index contributed by atoms with van der Waals surface area (Å²) in [7, 11) is -1.78. The fraction of sp³-hybridized carbons (Fsp3) is 0.786. The fourth-order valence-corrected chi connectivity index (χ4v) is 4.01. The van der Waals surface area contributed by atoms with Gasteiger partial charge in [-0.15, -0.1) is 0 Å². The third-order valence-electron chi connectivity index (χ3n) is 4.75. The molecule has 0 radical (unpaired) electrons. The second-order valence-corrected chi connectivity index (χ2v) is 11.8. The van der Waals surface area contributed by atoms with Crippen molar-refractivity contribution in [3.05, 3.63) is 12.3 Å². The van der Waals surface area contributed by atoms with Crippen molar-refractivity contribution in [3.8, 4) is 0 Å². The summed E-state index contributed by atoms with van der Waals surface area (Å²) in [6.07, 6.45) is 5.03. The van der Waals surface area contributed by atoms with Gasteiger partial charge in [0.2, 0.25) is 5.91 Å². The van der Waals surface area contributed by atoms with E-state index in [1.165, 1.54) is 0 Å². The van der Waals surface area contributed by atoms with Gasteiger partial charge in [-0.1, -0.05) is 26.8 Å². The summed E-state index contributed by atoms with van der Waals surface area (Å²) < 4.78 is 6.35. The lowest BCUT2D eigenvalue weighted by Gasteiger charge is -2.48. The second kappa shape index (κ2) is 4.20. The van der Waals surface area contributed by atoms with Gasteiger partial charge < -0.3 is 9.33 Å². The largest absolute Gasteiger partial charge is 0.413 e. The predicted molar refractivity (Wildman–Crippen MR) is 75.6 cm³/mol. The van der Waals surface area contributed by atoms with Crippen LogP contribution in [0.15, 0.2) is 12.3 Å². The maximum atomic E-state index is 12.0. The Hall–Kier alpha value is -0.613. The summed E-state index contributed by atoms with van der Waals surface area (Å²) in [4.78, 5) is 13.9.